The van der Waals surface area contributed by atoms with E-state index in [9.17, 15) is 0 Å². The number of anilines is 2. The number of rotatable bonds is 5. The summed E-state index contributed by atoms with van der Waals surface area (Å²) >= 11 is 0. The van der Waals surface area contributed by atoms with E-state index in [2.05, 4.69) is 32.5 Å². The molecule has 1 aromatic heterocycles. The predicted molar refractivity (Wildman–Crippen MR) is 73.3 cm³/mol. The van der Waals surface area contributed by atoms with Crippen LogP contribution in [0.2, 0.25) is 0 Å². The number of nitrogen functional groups attached to an aromatic ring is 1. The summed E-state index contributed by atoms with van der Waals surface area (Å²) in [5, 5.41) is 3.42. The van der Waals surface area contributed by atoms with Crippen molar-refractivity contribution >= 4 is 11.6 Å². The first-order chi connectivity index (χ1) is 8.70. The molecule has 0 radical (unpaired) electrons. The molecular formula is C12H22N6. The van der Waals surface area contributed by atoms with Crippen LogP contribution < -0.4 is 16.6 Å². The maximum atomic E-state index is 5.41. The van der Waals surface area contributed by atoms with Crippen LogP contribution in [0.4, 0.5) is 11.6 Å². The van der Waals surface area contributed by atoms with Crippen LogP contribution in [0.25, 0.3) is 0 Å². The topological polar surface area (TPSA) is 79.1 Å². The molecule has 0 spiro atoms. The lowest BCUT2D eigenvalue weighted by Crippen LogP contribution is -2.33. The Hall–Kier alpha value is -1.40. The molecule has 1 unspecified atom stereocenters. The van der Waals surface area contributed by atoms with Crippen LogP contribution in [0, 0.1) is 6.92 Å². The van der Waals surface area contributed by atoms with E-state index >= 15 is 0 Å². The van der Waals surface area contributed by atoms with Crippen LogP contribution in [0.3, 0.4) is 0 Å². The number of hydrazine groups is 1. The summed E-state index contributed by atoms with van der Waals surface area (Å²) in [4.78, 5) is 10.8. The van der Waals surface area contributed by atoms with Gasteiger partial charge in [-0.15, -0.1) is 0 Å². The molecule has 1 atom stereocenters. The average Bonchev–Trinajstić information content (AvgIpc) is 2.84. The fraction of sp³-hybridized carbons (Fsp3) is 0.667. The Morgan fingerprint density at radius 1 is 1.33 bits per heavy atom. The minimum Gasteiger partial charge on any atom is -0.366 e. The zero-order valence-electron chi connectivity index (χ0n) is 11.1. The van der Waals surface area contributed by atoms with Gasteiger partial charge >= 0.3 is 0 Å². The fourth-order valence-electron chi connectivity index (χ4n) is 2.37. The summed E-state index contributed by atoms with van der Waals surface area (Å²) in [5.41, 5.74) is 3.53. The van der Waals surface area contributed by atoms with Crippen LogP contribution in [-0.2, 0) is 0 Å². The Kier molecular flexibility index (Phi) is 4.33. The van der Waals surface area contributed by atoms with Crippen molar-refractivity contribution in [1.82, 2.24) is 14.9 Å². The molecule has 0 aromatic carbocycles. The number of likely N-dealkylation sites (tertiary alicyclic amines) is 1. The number of aromatic nitrogens is 2. The van der Waals surface area contributed by atoms with E-state index in [4.69, 9.17) is 5.84 Å². The number of hydrogen-bond donors (Lipinski definition) is 3. The molecule has 4 N–H and O–H groups in total. The maximum Gasteiger partial charge on any atom is 0.148 e. The van der Waals surface area contributed by atoms with E-state index in [-0.39, 0.29) is 0 Å². The molecule has 100 valence electrons. The van der Waals surface area contributed by atoms with Crippen molar-refractivity contribution in [1.29, 1.82) is 0 Å². The number of nitrogens with zero attached hydrogens (tertiary/aromatic N) is 3. The Morgan fingerprint density at radius 3 is 2.67 bits per heavy atom. The van der Waals surface area contributed by atoms with Gasteiger partial charge in [-0.05, 0) is 39.8 Å². The minimum atomic E-state index is 0.363. The molecule has 2 heterocycles. The van der Waals surface area contributed by atoms with Crippen LogP contribution in [0.1, 0.15) is 25.3 Å². The van der Waals surface area contributed by atoms with Crippen molar-refractivity contribution < 1.29 is 0 Å². The third-order valence-corrected chi connectivity index (χ3v) is 3.33. The summed E-state index contributed by atoms with van der Waals surface area (Å²) in [6.45, 7) is 7.61. The molecule has 1 saturated heterocycles. The highest BCUT2D eigenvalue weighted by atomic mass is 15.3. The zero-order valence-corrected chi connectivity index (χ0v) is 11.1. The van der Waals surface area contributed by atoms with E-state index in [1.165, 1.54) is 32.3 Å². The van der Waals surface area contributed by atoms with E-state index in [0.29, 0.717) is 11.9 Å². The molecule has 0 saturated carbocycles. The van der Waals surface area contributed by atoms with Gasteiger partial charge in [0.1, 0.15) is 18.0 Å². The van der Waals surface area contributed by atoms with Crippen LogP contribution in [-0.4, -0.2) is 40.5 Å². The van der Waals surface area contributed by atoms with Crippen LogP contribution >= 0.6 is 0 Å². The summed E-state index contributed by atoms with van der Waals surface area (Å²) in [7, 11) is 0. The second kappa shape index (κ2) is 5.97. The van der Waals surface area contributed by atoms with Crippen molar-refractivity contribution in [3.05, 3.63) is 11.9 Å². The molecule has 1 aromatic rings. The molecule has 6 heteroatoms. The minimum absolute atomic E-state index is 0.363. The van der Waals surface area contributed by atoms with Crippen LogP contribution in [0.5, 0.6) is 0 Å². The lowest BCUT2D eigenvalue weighted by molar-refractivity contribution is 0.327. The molecule has 18 heavy (non-hydrogen) atoms. The van der Waals surface area contributed by atoms with Gasteiger partial charge in [-0.25, -0.2) is 15.8 Å². The monoisotopic (exact) mass is 250 g/mol. The third-order valence-electron chi connectivity index (χ3n) is 3.33. The summed E-state index contributed by atoms with van der Waals surface area (Å²) < 4.78 is 0. The molecule has 2 rings (SSSR count). The summed E-state index contributed by atoms with van der Waals surface area (Å²) in [6, 6.07) is 0.363. The number of nitrogens with two attached hydrogens (primary N) is 1. The molecule has 1 fully saturated rings. The van der Waals surface area contributed by atoms with Gasteiger partial charge < -0.3 is 15.6 Å². The Morgan fingerprint density at radius 2 is 2.00 bits per heavy atom. The fourth-order valence-corrected chi connectivity index (χ4v) is 2.37. The SMILES string of the molecule is Cc1c(NN)ncnc1NC(C)CN1CCCC1. The van der Waals surface area contributed by atoms with E-state index in [0.717, 1.165) is 17.9 Å². The molecule has 1 aliphatic rings. The van der Waals surface area contributed by atoms with Gasteiger partial charge in [-0.1, -0.05) is 0 Å². The van der Waals surface area contributed by atoms with Crippen LogP contribution in [0.15, 0.2) is 6.33 Å². The van der Waals surface area contributed by atoms with Gasteiger partial charge in [-0.3, -0.25) is 0 Å². The molecule has 1 aliphatic heterocycles. The van der Waals surface area contributed by atoms with Gasteiger partial charge in [-0.2, -0.15) is 0 Å². The van der Waals surface area contributed by atoms with Gasteiger partial charge in [0.25, 0.3) is 0 Å². The first-order valence-electron chi connectivity index (χ1n) is 6.48. The summed E-state index contributed by atoms with van der Waals surface area (Å²) in [6.07, 6.45) is 4.16. The predicted octanol–water partition coefficient (Wildman–Crippen LogP) is 0.967. The van der Waals surface area contributed by atoms with Gasteiger partial charge in [0.2, 0.25) is 0 Å². The Labute approximate surface area is 108 Å². The van der Waals surface area contributed by atoms with E-state index in [1.54, 1.807) is 0 Å². The molecular weight excluding hydrogens is 228 g/mol. The lowest BCUT2D eigenvalue weighted by atomic mass is 10.2. The molecule has 0 amide bonds. The standard InChI is InChI=1S/C12H22N6/c1-9(7-18-5-3-4-6-18)16-11-10(2)12(17-13)15-8-14-11/h8-9H,3-7,13H2,1-2H3,(H2,14,15,16,17). The first kappa shape index (κ1) is 13.0. The van der Waals surface area contributed by atoms with Crippen molar-refractivity contribution in [2.75, 3.05) is 30.4 Å². The highest BCUT2D eigenvalue weighted by Crippen LogP contribution is 2.18. The first-order valence-corrected chi connectivity index (χ1v) is 6.48. The molecule has 6 nitrogen and oxygen atoms in total. The van der Waals surface area contributed by atoms with Crippen molar-refractivity contribution in [2.45, 2.75) is 32.7 Å². The third kappa shape index (κ3) is 3.08. The van der Waals surface area contributed by atoms with Crippen molar-refractivity contribution in [3.8, 4) is 0 Å². The second-order valence-corrected chi connectivity index (χ2v) is 4.89. The normalized spacial score (nSPS) is 17.7. The number of hydrogen-bond acceptors (Lipinski definition) is 6. The average molecular weight is 250 g/mol. The maximum absolute atomic E-state index is 5.41. The van der Waals surface area contributed by atoms with Crippen molar-refractivity contribution in [2.24, 2.45) is 5.84 Å². The molecule has 0 aliphatic carbocycles. The summed E-state index contributed by atoms with van der Waals surface area (Å²) in [5.74, 6) is 6.93. The Balaban J connectivity index is 1.95. The van der Waals surface area contributed by atoms with E-state index < -0.39 is 0 Å². The van der Waals surface area contributed by atoms with Gasteiger partial charge in [0, 0.05) is 18.2 Å². The highest BCUT2D eigenvalue weighted by molar-refractivity contribution is 5.56. The lowest BCUT2D eigenvalue weighted by Gasteiger charge is -2.22. The Bertz CT molecular complexity index is 388. The van der Waals surface area contributed by atoms with Gasteiger partial charge in [0.05, 0.1) is 0 Å². The number of nitrogens with one attached hydrogen (secondary N) is 2. The highest BCUT2D eigenvalue weighted by Gasteiger charge is 2.15. The van der Waals surface area contributed by atoms with Gasteiger partial charge in [0.15, 0.2) is 0 Å². The smallest absolute Gasteiger partial charge is 0.148 e. The van der Waals surface area contributed by atoms with Crippen molar-refractivity contribution in [3.63, 3.8) is 0 Å². The quantitative estimate of drug-likeness (QED) is 0.534. The largest absolute Gasteiger partial charge is 0.366 e. The molecule has 0 bridgehead atoms. The van der Waals surface area contributed by atoms with E-state index in [1.807, 2.05) is 6.92 Å². The zero-order chi connectivity index (χ0) is 13.0. The second-order valence-electron chi connectivity index (χ2n) is 4.89.